The lowest BCUT2D eigenvalue weighted by atomic mass is 9.89. The zero-order valence-corrected chi connectivity index (χ0v) is 13.1. The van der Waals surface area contributed by atoms with Crippen molar-refractivity contribution in [1.82, 2.24) is 15.2 Å². The summed E-state index contributed by atoms with van der Waals surface area (Å²) in [5.74, 6) is -0.918. The van der Waals surface area contributed by atoms with Crippen molar-refractivity contribution < 1.29 is 27.9 Å². The van der Waals surface area contributed by atoms with Crippen LogP contribution in [0.2, 0.25) is 0 Å². The van der Waals surface area contributed by atoms with Gasteiger partial charge >= 0.3 is 6.18 Å². The van der Waals surface area contributed by atoms with Crippen LogP contribution in [-0.4, -0.2) is 52.5 Å². The van der Waals surface area contributed by atoms with Crippen LogP contribution in [-0.2, 0) is 11.0 Å². The van der Waals surface area contributed by atoms with E-state index in [4.69, 9.17) is 0 Å². The van der Waals surface area contributed by atoms with E-state index in [9.17, 15) is 27.9 Å². The molecule has 2 rings (SSSR count). The highest BCUT2D eigenvalue weighted by Gasteiger charge is 2.37. The number of aromatic nitrogens is 1. The smallest absolute Gasteiger partial charge is 0.388 e. The fourth-order valence-electron chi connectivity index (χ4n) is 2.67. The topological polar surface area (TPSA) is 82.5 Å². The number of carbonyl (C=O) groups excluding carboxylic acids is 2. The first kappa shape index (κ1) is 18.2. The minimum absolute atomic E-state index is 0.0675. The van der Waals surface area contributed by atoms with Gasteiger partial charge in [-0.05, 0) is 25.0 Å². The molecule has 0 saturated carbocycles. The molecule has 132 valence electrons. The number of aliphatic hydroxyl groups is 1. The molecule has 0 aliphatic carbocycles. The molecule has 1 aliphatic heterocycles. The van der Waals surface area contributed by atoms with Crippen molar-refractivity contribution in [3.63, 3.8) is 0 Å². The number of β-amino-alcohol motifs (C(OH)–C–C–N with tert-alkyl or cyclic N) is 1. The van der Waals surface area contributed by atoms with Gasteiger partial charge in [-0.3, -0.25) is 14.6 Å². The van der Waals surface area contributed by atoms with E-state index in [2.05, 4.69) is 10.3 Å². The van der Waals surface area contributed by atoms with Gasteiger partial charge in [0.2, 0.25) is 5.91 Å². The third-order valence-electron chi connectivity index (χ3n) is 3.92. The zero-order chi connectivity index (χ0) is 18.0. The molecule has 1 atom stereocenters. The number of hydrogen-bond acceptors (Lipinski definition) is 4. The van der Waals surface area contributed by atoms with Crippen LogP contribution in [0.25, 0.3) is 0 Å². The van der Waals surface area contributed by atoms with Gasteiger partial charge in [-0.1, -0.05) is 0 Å². The highest BCUT2D eigenvalue weighted by molar-refractivity contribution is 5.92. The molecule has 1 saturated heterocycles. The van der Waals surface area contributed by atoms with Crippen molar-refractivity contribution in [2.45, 2.75) is 31.0 Å². The highest BCUT2D eigenvalue weighted by atomic mass is 19.4. The molecule has 1 unspecified atom stereocenters. The number of nitrogens with one attached hydrogen (secondary N) is 1. The molecule has 1 fully saturated rings. The summed E-state index contributed by atoms with van der Waals surface area (Å²) in [6.45, 7) is 0.277. The second-order valence-corrected chi connectivity index (χ2v) is 5.83. The highest BCUT2D eigenvalue weighted by Crippen LogP contribution is 2.29. The van der Waals surface area contributed by atoms with Crippen molar-refractivity contribution in [3.8, 4) is 0 Å². The van der Waals surface area contributed by atoms with Crippen molar-refractivity contribution in [3.05, 3.63) is 29.6 Å². The molecule has 24 heavy (non-hydrogen) atoms. The minimum atomic E-state index is -4.52. The summed E-state index contributed by atoms with van der Waals surface area (Å²) in [4.78, 5) is 28.7. The van der Waals surface area contributed by atoms with Crippen molar-refractivity contribution >= 4 is 11.8 Å². The van der Waals surface area contributed by atoms with Gasteiger partial charge < -0.3 is 15.3 Å². The molecular weight excluding hydrogens is 327 g/mol. The van der Waals surface area contributed by atoms with E-state index in [0.717, 1.165) is 12.1 Å². The number of halogens is 3. The lowest BCUT2D eigenvalue weighted by Crippen LogP contribution is -2.52. The molecule has 1 aliphatic rings. The van der Waals surface area contributed by atoms with Crippen molar-refractivity contribution in [2.24, 2.45) is 0 Å². The van der Waals surface area contributed by atoms with Crippen LogP contribution in [0.1, 0.15) is 35.3 Å². The van der Waals surface area contributed by atoms with E-state index in [-0.39, 0.29) is 24.6 Å². The van der Waals surface area contributed by atoms with Crippen LogP contribution in [0.5, 0.6) is 0 Å². The van der Waals surface area contributed by atoms with Crippen LogP contribution in [0.3, 0.4) is 0 Å². The van der Waals surface area contributed by atoms with E-state index < -0.39 is 23.2 Å². The standard InChI is InChI=1S/C15H18F3N3O3/c1-19-12(22)7-14(24)5-2-6-21(9-14)13(23)11-4-3-10(8-20-11)15(16,17)18/h3-4,8,24H,2,5-7,9H2,1H3,(H,19,22). The van der Waals surface area contributed by atoms with E-state index >= 15 is 0 Å². The number of likely N-dealkylation sites (tertiary alicyclic amines) is 1. The van der Waals surface area contributed by atoms with Gasteiger partial charge in [0, 0.05) is 19.8 Å². The number of piperidine rings is 1. The van der Waals surface area contributed by atoms with Crippen LogP contribution in [0.15, 0.2) is 18.3 Å². The van der Waals surface area contributed by atoms with Crippen LogP contribution >= 0.6 is 0 Å². The van der Waals surface area contributed by atoms with Crippen LogP contribution < -0.4 is 5.32 Å². The summed E-state index contributed by atoms with van der Waals surface area (Å²) in [6, 6.07) is 1.80. The Labute approximate surface area is 136 Å². The van der Waals surface area contributed by atoms with Gasteiger partial charge in [0.1, 0.15) is 5.69 Å². The number of amides is 2. The molecule has 1 aromatic heterocycles. The summed E-state index contributed by atoms with van der Waals surface area (Å²) < 4.78 is 37.6. The molecule has 0 spiro atoms. The predicted octanol–water partition coefficient (Wildman–Crippen LogP) is 1.20. The normalized spacial score (nSPS) is 21.5. The number of hydrogen-bond donors (Lipinski definition) is 2. The fourth-order valence-corrected chi connectivity index (χ4v) is 2.67. The Bertz CT molecular complexity index is 619. The maximum Gasteiger partial charge on any atom is 0.417 e. The molecule has 2 heterocycles. The molecule has 2 N–H and O–H groups in total. The van der Waals surface area contributed by atoms with Crippen molar-refractivity contribution in [2.75, 3.05) is 20.1 Å². The van der Waals surface area contributed by atoms with Gasteiger partial charge in [0.25, 0.3) is 5.91 Å². The molecule has 1 aromatic rings. The first-order chi connectivity index (χ1) is 11.1. The zero-order valence-electron chi connectivity index (χ0n) is 13.1. The fraction of sp³-hybridized carbons (Fsp3) is 0.533. The first-order valence-corrected chi connectivity index (χ1v) is 7.40. The molecule has 0 radical (unpaired) electrons. The van der Waals surface area contributed by atoms with Gasteiger partial charge in [0.15, 0.2) is 0 Å². The second kappa shape index (κ2) is 6.76. The Morgan fingerprint density at radius 3 is 2.67 bits per heavy atom. The minimum Gasteiger partial charge on any atom is -0.388 e. The van der Waals surface area contributed by atoms with Crippen molar-refractivity contribution in [1.29, 1.82) is 0 Å². The summed E-state index contributed by atoms with van der Waals surface area (Å²) in [5, 5.41) is 12.9. The molecule has 2 amide bonds. The quantitative estimate of drug-likeness (QED) is 0.863. The molecular formula is C15H18F3N3O3. The molecule has 9 heteroatoms. The number of pyridine rings is 1. The van der Waals surface area contributed by atoms with E-state index in [1.807, 2.05) is 0 Å². The van der Waals surface area contributed by atoms with Crippen LogP contribution in [0.4, 0.5) is 13.2 Å². The van der Waals surface area contributed by atoms with E-state index in [1.165, 1.54) is 11.9 Å². The Morgan fingerprint density at radius 2 is 2.12 bits per heavy atom. The largest absolute Gasteiger partial charge is 0.417 e. The SMILES string of the molecule is CNC(=O)CC1(O)CCCN(C(=O)c2ccc(C(F)(F)F)cn2)C1. The molecule has 6 nitrogen and oxygen atoms in total. The number of rotatable bonds is 3. The Morgan fingerprint density at radius 1 is 1.42 bits per heavy atom. The van der Waals surface area contributed by atoms with E-state index in [0.29, 0.717) is 25.6 Å². The van der Waals surface area contributed by atoms with Gasteiger partial charge in [0.05, 0.1) is 24.1 Å². The second-order valence-electron chi connectivity index (χ2n) is 5.83. The first-order valence-electron chi connectivity index (χ1n) is 7.40. The number of nitrogens with zero attached hydrogens (tertiary/aromatic N) is 2. The summed E-state index contributed by atoms with van der Waals surface area (Å²) >= 11 is 0. The number of alkyl halides is 3. The number of carbonyl (C=O) groups is 2. The average molecular weight is 345 g/mol. The van der Waals surface area contributed by atoms with Gasteiger partial charge in [-0.25, -0.2) is 0 Å². The maximum absolute atomic E-state index is 12.5. The Balaban J connectivity index is 2.10. The Hall–Kier alpha value is -2.16. The molecule has 0 bridgehead atoms. The average Bonchev–Trinajstić information content (AvgIpc) is 2.53. The van der Waals surface area contributed by atoms with Gasteiger partial charge in [-0.15, -0.1) is 0 Å². The van der Waals surface area contributed by atoms with E-state index in [1.54, 1.807) is 0 Å². The lowest BCUT2D eigenvalue weighted by Gasteiger charge is -2.38. The van der Waals surface area contributed by atoms with Crippen LogP contribution in [0, 0.1) is 0 Å². The lowest BCUT2D eigenvalue weighted by molar-refractivity contribution is -0.137. The summed E-state index contributed by atoms with van der Waals surface area (Å²) in [7, 11) is 1.45. The third-order valence-corrected chi connectivity index (χ3v) is 3.92. The maximum atomic E-state index is 12.5. The monoisotopic (exact) mass is 345 g/mol. The third kappa shape index (κ3) is 4.22. The summed E-state index contributed by atoms with van der Waals surface area (Å²) in [5.41, 5.74) is -2.42. The molecule has 0 aromatic carbocycles. The Kier molecular flexibility index (Phi) is 5.12. The van der Waals surface area contributed by atoms with Gasteiger partial charge in [-0.2, -0.15) is 13.2 Å². The predicted molar refractivity (Wildman–Crippen MR) is 78.0 cm³/mol. The summed E-state index contributed by atoms with van der Waals surface area (Å²) in [6.07, 6.45) is -3.21.